The Hall–Kier alpha value is -1.23. The zero-order valence-corrected chi connectivity index (χ0v) is 7.93. The lowest BCUT2D eigenvalue weighted by atomic mass is 10.2. The minimum absolute atomic E-state index is 0.0300. The molecule has 13 heavy (non-hydrogen) atoms. The number of carboxylic acids is 1. The topological polar surface area (TPSA) is 67.3 Å². The van der Waals surface area contributed by atoms with Crippen molar-refractivity contribution >= 4 is 23.1 Å². The van der Waals surface area contributed by atoms with Crippen LogP contribution in [0.4, 0.5) is 0 Å². The van der Waals surface area contributed by atoms with Crippen LogP contribution >= 0.6 is 11.3 Å². The molecule has 0 atom stereocenters. The van der Waals surface area contributed by atoms with Gasteiger partial charge in [0, 0.05) is 23.9 Å². The molecular weight excluding hydrogens is 190 g/mol. The number of carbonyl (C=O) groups excluding carboxylic acids is 1. The van der Waals surface area contributed by atoms with E-state index in [1.54, 1.807) is 0 Å². The number of aryl methyl sites for hydroxylation is 2. The Kier molecular flexibility index (Phi) is 3.13. The van der Waals surface area contributed by atoms with Crippen molar-refractivity contribution in [3.8, 4) is 0 Å². The number of carboxylic acid groups (broad SMARTS) is 1. The standard InChI is InChI=1S/C8H9NO3S/c1-5-4-13-7(9-5)3-2-6(10)8(11)12/h4H,2-3H2,1H3,(H,11,12). The number of ketones is 1. The molecule has 0 bridgehead atoms. The molecular formula is C8H9NO3S. The van der Waals surface area contributed by atoms with E-state index in [0.29, 0.717) is 6.42 Å². The lowest BCUT2D eigenvalue weighted by molar-refractivity contribution is -0.149. The number of hydrogen-bond acceptors (Lipinski definition) is 4. The van der Waals surface area contributed by atoms with Gasteiger partial charge < -0.3 is 5.11 Å². The Bertz CT molecular complexity index is 332. The third-order valence-corrected chi connectivity index (χ3v) is 2.50. The van der Waals surface area contributed by atoms with Gasteiger partial charge in [-0.1, -0.05) is 0 Å². The first kappa shape index (κ1) is 9.85. The van der Waals surface area contributed by atoms with Crippen LogP contribution in [0.15, 0.2) is 5.38 Å². The van der Waals surface area contributed by atoms with Crippen LogP contribution in [-0.2, 0) is 16.0 Å². The molecule has 0 fully saturated rings. The summed E-state index contributed by atoms with van der Waals surface area (Å²) in [5, 5.41) is 11.0. The first-order valence-corrected chi connectivity index (χ1v) is 4.64. The van der Waals surface area contributed by atoms with Gasteiger partial charge in [-0.05, 0) is 6.92 Å². The predicted octanol–water partition coefficient (Wildman–Crippen LogP) is 1.04. The molecule has 0 saturated carbocycles. The van der Waals surface area contributed by atoms with E-state index < -0.39 is 11.8 Å². The van der Waals surface area contributed by atoms with Gasteiger partial charge in [0.1, 0.15) is 0 Å². The summed E-state index contributed by atoms with van der Waals surface area (Å²) in [5.74, 6) is -2.12. The fourth-order valence-corrected chi connectivity index (χ4v) is 1.62. The number of Topliss-reactive ketones (excluding diaryl/α,β-unsaturated/α-hetero) is 1. The lowest BCUT2D eigenvalue weighted by Crippen LogP contribution is -2.12. The van der Waals surface area contributed by atoms with Crippen molar-refractivity contribution in [3.05, 3.63) is 16.1 Å². The quantitative estimate of drug-likeness (QED) is 0.735. The second-order valence-corrected chi connectivity index (χ2v) is 3.55. The normalized spacial score (nSPS) is 9.92. The van der Waals surface area contributed by atoms with Crippen molar-refractivity contribution < 1.29 is 14.7 Å². The molecule has 1 aromatic heterocycles. The van der Waals surface area contributed by atoms with Gasteiger partial charge in [0.05, 0.1) is 5.01 Å². The second kappa shape index (κ2) is 4.13. The van der Waals surface area contributed by atoms with Gasteiger partial charge in [-0.3, -0.25) is 4.79 Å². The van der Waals surface area contributed by atoms with Crippen molar-refractivity contribution in [2.75, 3.05) is 0 Å². The Labute approximate surface area is 79.2 Å². The van der Waals surface area contributed by atoms with Gasteiger partial charge in [0.25, 0.3) is 0 Å². The smallest absolute Gasteiger partial charge is 0.372 e. The van der Waals surface area contributed by atoms with E-state index in [2.05, 4.69) is 4.98 Å². The van der Waals surface area contributed by atoms with E-state index in [0.717, 1.165) is 10.7 Å². The van der Waals surface area contributed by atoms with E-state index >= 15 is 0 Å². The highest BCUT2D eigenvalue weighted by Crippen LogP contribution is 2.10. The lowest BCUT2D eigenvalue weighted by Gasteiger charge is -1.91. The maximum absolute atomic E-state index is 10.7. The molecule has 0 amide bonds. The first-order chi connectivity index (χ1) is 6.09. The number of carbonyl (C=O) groups is 2. The number of hydrogen-bond donors (Lipinski definition) is 1. The molecule has 70 valence electrons. The molecule has 1 heterocycles. The Balaban J connectivity index is 2.44. The summed E-state index contributed by atoms with van der Waals surface area (Å²) in [6.45, 7) is 1.86. The molecule has 0 radical (unpaired) electrons. The fourth-order valence-electron chi connectivity index (χ4n) is 0.845. The number of aliphatic carboxylic acids is 1. The van der Waals surface area contributed by atoms with Gasteiger partial charge in [0.15, 0.2) is 0 Å². The minimum Gasteiger partial charge on any atom is -0.476 e. The second-order valence-electron chi connectivity index (χ2n) is 2.61. The highest BCUT2D eigenvalue weighted by atomic mass is 32.1. The summed E-state index contributed by atoms with van der Waals surface area (Å²) in [6, 6.07) is 0. The molecule has 0 spiro atoms. The van der Waals surface area contributed by atoms with E-state index in [4.69, 9.17) is 5.11 Å². The van der Waals surface area contributed by atoms with Crippen LogP contribution < -0.4 is 0 Å². The van der Waals surface area contributed by atoms with Crippen LogP contribution in [0.1, 0.15) is 17.1 Å². The third kappa shape index (κ3) is 2.95. The summed E-state index contributed by atoms with van der Waals surface area (Å²) in [6.07, 6.45) is 0.450. The minimum atomic E-state index is -1.37. The van der Waals surface area contributed by atoms with Crippen LogP contribution in [0, 0.1) is 6.92 Å². The van der Waals surface area contributed by atoms with Gasteiger partial charge in [-0.2, -0.15) is 0 Å². The molecule has 0 aromatic carbocycles. The summed E-state index contributed by atoms with van der Waals surface area (Å²) in [7, 11) is 0. The molecule has 1 N–H and O–H groups in total. The van der Waals surface area contributed by atoms with Crippen LogP contribution in [0.25, 0.3) is 0 Å². The predicted molar refractivity (Wildman–Crippen MR) is 47.8 cm³/mol. The van der Waals surface area contributed by atoms with Crippen LogP contribution in [0.3, 0.4) is 0 Å². The van der Waals surface area contributed by atoms with Crippen molar-refractivity contribution in [1.82, 2.24) is 4.98 Å². The molecule has 0 unspecified atom stereocenters. The van der Waals surface area contributed by atoms with Gasteiger partial charge in [0.2, 0.25) is 5.78 Å². The van der Waals surface area contributed by atoms with Gasteiger partial charge in [-0.15, -0.1) is 11.3 Å². The van der Waals surface area contributed by atoms with Crippen LogP contribution in [-0.4, -0.2) is 21.8 Å². The van der Waals surface area contributed by atoms with Gasteiger partial charge >= 0.3 is 5.97 Å². The Morgan fingerprint density at radius 1 is 1.62 bits per heavy atom. The van der Waals surface area contributed by atoms with E-state index in [9.17, 15) is 9.59 Å². The molecule has 0 aliphatic carbocycles. The number of nitrogens with zero attached hydrogens (tertiary/aromatic N) is 1. The average molecular weight is 199 g/mol. The highest BCUT2D eigenvalue weighted by molar-refractivity contribution is 7.09. The highest BCUT2D eigenvalue weighted by Gasteiger charge is 2.11. The molecule has 0 aliphatic rings. The molecule has 0 saturated heterocycles. The summed E-state index contributed by atoms with van der Waals surface area (Å²) < 4.78 is 0. The zero-order chi connectivity index (χ0) is 9.84. The molecule has 4 nitrogen and oxygen atoms in total. The Morgan fingerprint density at radius 2 is 2.31 bits per heavy atom. The molecule has 0 aliphatic heterocycles. The zero-order valence-electron chi connectivity index (χ0n) is 7.11. The van der Waals surface area contributed by atoms with E-state index in [-0.39, 0.29) is 6.42 Å². The third-order valence-electron chi connectivity index (χ3n) is 1.47. The maximum Gasteiger partial charge on any atom is 0.372 e. The average Bonchev–Trinajstić information content (AvgIpc) is 2.47. The van der Waals surface area contributed by atoms with Crippen molar-refractivity contribution in [2.24, 2.45) is 0 Å². The Morgan fingerprint density at radius 3 is 2.77 bits per heavy atom. The maximum atomic E-state index is 10.7. The summed E-state index contributed by atoms with van der Waals surface area (Å²) in [5.41, 5.74) is 0.905. The first-order valence-electron chi connectivity index (χ1n) is 3.76. The molecule has 5 heteroatoms. The number of thiazole rings is 1. The van der Waals surface area contributed by atoms with Crippen LogP contribution in [0.5, 0.6) is 0 Å². The molecule has 1 rings (SSSR count). The monoisotopic (exact) mass is 199 g/mol. The van der Waals surface area contributed by atoms with Crippen molar-refractivity contribution in [2.45, 2.75) is 19.8 Å². The summed E-state index contributed by atoms with van der Waals surface area (Å²) >= 11 is 1.45. The van der Waals surface area contributed by atoms with Gasteiger partial charge in [-0.25, -0.2) is 9.78 Å². The largest absolute Gasteiger partial charge is 0.476 e. The van der Waals surface area contributed by atoms with Crippen LogP contribution in [0.2, 0.25) is 0 Å². The van der Waals surface area contributed by atoms with E-state index in [1.807, 2.05) is 12.3 Å². The van der Waals surface area contributed by atoms with E-state index in [1.165, 1.54) is 11.3 Å². The summed E-state index contributed by atoms with van der Waals surface area (Å²) in [4.78, 5) is 25.0. The number of rotatable bonds is 4. The van der Waals surface area contributed by atoms with Crippen molar-refractivity contribution in [3.63, 3.8) is 0 Å². The van der Waals surface area contributed by atoms with Crippen molar-refractivity contribution in [1.29, 1.82) is 0 Å². The number of aromatic nitrogens is 1. The SMILES string of the molecule is Cc1csc(CCC(=O)C(=O)O)n1. The fraction of sp³-hybridized carbons (Fsp3) is 0.375. The molecule has 1 aromatic rings.